The lowest BCUT2D eigenvalue weighted by atomic mass is 10.4. The summed E-state index contributed by atoms with van der Waals surface area (Å²) in [5.41, 5.74) is 4.50. The van der Waals surface area contributed by atoms with Crippen LogP contribution >= 0.6 is 8.58 Å². The first-order chi connectivity index (χ1) is 7.45. The van der Waals surface area contributed by atoms with E-state index in [1.54, 1.807) is 0 Å². The van der Waals surface area contributed by atoms with Gasteiger partial charge in [-0.3, -0.25) is 0 Å². The van der Waals surface area contributed by atoms with E-state index in [2.05, 4.69) is 66.4 Å². The van der Waals surface area contributed by atoms with Crippen molar-refractivity contribution in [1.29, 1.82) is 0 Å². The van der Waals surface area contributed by atoms with Crippen LogP contribution in [0.2, 0.25) is 0 Å². The number of hydrogen-bond acceptors (Lipinski definition) is 1. The summed E-state index contributed by atoms with van der Waals surface area (Å²) in [5.74, 6) is 0. The van der Waals surface area contributed by atoms with Crippen molar-refractivity contribution in [2.75, 3.05) is 7.05 Å². The molecule has 0 amide bonds. The average molecular weight is 217 g/mol. The molecule has 0 saturated carbocycles. The van der Waals surface area contributed by atoms with E-state index in [0.29, 0.717) is 0 Å². The van der Waals surface area contributed by atoms with Gasteiger partial charge in [0.1, 0.15) is 0 Å². The number of hydrogen-bond donors (Lipinski definition) is 1. The van der Waals surface area contributed by atoms with Gasteiger partial charge < -0.3 is 5.73 Å². The maximum Gasteiger partial charge on any atom is -0.0195 e. The van der Waals surface area contributed by atoms with Crippen LogP contribution in [0.5, 0.6) is 0 Å². The second kappa shape index (κ2) is 7.17. The minimum atomic E-state index is 0.777. The van der Waals surface area contributed by atoms with Crippen molar-refractivity contribution in [3.8, 4) is 0 Å². The first kappa shape index (κ1) is 11.9. The quantitative estimate of drug-likeness (QED) is 0.764. The second-order valence-corrected chi connectivity index (χ2v) is 4.26. The SMILES string of the molecule is CN.c1ccc(Pc2ccccc2)cc1. The molecule has 0 aromatic heterocycles. The Morgan fingerprint density at radius 3 is 1.33 bits per heavy atom. The summed E-state index contributed by atoms with van der Waals surface area (Å²) < 4.78 is 0. The van der Waals surface area contributed by atoms with Crippen molar-refractivity contribution in [1.82, 2.24) is 0 Å². The van der Waals surface area contributed by atoms with Crippen LogP contribution in [0.15, 0.2) is 60.7 Å². The standard InChI is InChI=1S/C12H11P.CH5N/c1-3-7-11(8-4-1)13-12-9-5-2-6-10-12;1-2/h1-10,13H;2H2,1H3. The molecule has 2 aromatic rings. The Labute approximate surface area is 93.1 Å². The highest BCUT2D eigenvalue weighted by Gasteiger charge is 1.92. The summed E-state index contributed by atoms with van der Waals surface area (Å²) in [7, 11) is 2.28. The zero-order valence-electron chi connectivity index (χ0n) is 8.85. The van der Waals surface area contributed by atoms with Gasteiger partial charge >= 0.3 is 0 Å². The lowest BCUT2D eigenvalue weighted by molar-refractivity contribution is 1.48. The summed E-state index contributed by atoms with van der Waals surface area (Å²) in [6.45, 7) is 0. The van der Waals surface area contributed by atoms with Crippen LogP contribution < -0.4 is 16.3 Å². The van der Waals surface area contributed by atoms with Gasteiger partial charge in [0.2, 0.25) is 0 Å². The van der Waals surface area contributed by atoms with Crippen molar-refractivity contribution in [3.05, 3.63) is 60.7 Å². The van der Waals surface area contributed by atoms with E-state index in [1.807, 2.05) is 0 Å². The Bertz CT molecular complexity index is 321. The van der Waals surface area contributed by atoms with E-state index in [1.165, 1.54) is 17.7 Å². The minimum absolute atomic E-state index is 0.777. The van der Waals surface area contributed by atoms with Gasteiger partial charge in [-0.05, 0) is 17.7 Å². The van der Waals surface area contributed by atoms with Gasteiger partial charge in [-0.2, -0.15) is 0 Å². The van der Waals surface area contributed by atoms with Crippen molar-refractivity contribution in [2.24, 2.45) is 5.73 Å². The maximum atomic E-state index is 4.50. The predicted octanol–water partition coefficient (Wildman–Crippen LogP) is 1.89. The molecule has 15 heavy (non-hydrogen) atoms. The highest BCUT2D eigenvalue weighted by atomic mass is 31.1. The summed E-state index contributed by atoms with van der Waals surface area (Å²) >= 11 is 0. The normalized spacial score (nSPS) is 8.93. The summed E-state index contributed by atoms with van der Waals surface area (Å²) in [5, 5.41) is 2.79. The molecule has 0 aliphatic rings. The topological polar surface area (TPSA) is 26.0 Å². The average Bonchev–Trinajstić information content (AvgIpc) is 2.34. The molecule has 0 unspecified atom stereocenters. The van der Waals surface area contributed by atoms with Crippen molar-refractivity contribution in [3.63, 3.8) is 0 Å². The molecule has 0 spiro atoms. The molecule has 0 aliphatic carbocycles. The molecule has 2 N–H and O–H groups in total. The van der Waals surface area contributed by atoms with Gasteiger partial charge in [0.15, 0.2) is 0 Å². The molecule has 2 rings (SSSR count). The van der Waals surface area contributed by atoms with Crippen LogP contribution in [0.3, 0.4) is 0 Å². The second-order valence-electron chi connectivity index (χ2n) is 2.86. The fourth-order valence-electron chi connectivity index (χ4n) is 1.21. The van der Waals surface area contributed by atoms with Crippen LogP contribution in [0.1, 0.15) is 0 Å². The van der Waals surface area contributed by atoms with E-state index in [0.717, 1.165) is 8.58 Å². The number of nitrogens with two attached hydrogens (primary N) is 1. The molecule has 1 nitrogen and oxygen atoms in total. The van der Waals surface area contributed by atoms with Gasteiger partial charge in [-0.1, -0.05) is 69.2 Å². The number of rotatable bonds is 2. The monoisotopic (exact) mass is 217 g/mol. The summed E-state index contributed by atoms with van der Waals surface area (Å²) in [6, 6.07) is 21.2. The van der Waals surface area contributed by atoms with E-state index in [4.69, 9.17) is 0 Å². The van der Waals surface area contributed by atoms with Gasteiger partial charge in [0.25, 0.3) is 0 Å². The fourth-order valence-corrected chi connectivity index (χ4v) is 2.26. The van der Waals surface area contributed by atoms with E-state index < -0.39 is 0 Å². The third-order valence-electron chi connectivity index (χ3n) is 1.84. The van der Waals surface area contributed by atoms with Crippen LogP contribution in [-0.2, 0) is 0 Å². The Morgan fingerprint density at radius 1 is 0.667 bits per heavy atom. The van der Waals surface area contributed by atoms with Gasteiger partial charge in [-0.25, -0.2) is 0 Å². The number of benzene rings is 2. The molecule has 0 saturated heterocycles. The van der Waals surface area contributed by atoms with Crippen LogP contribution in [0.25, 0.3) is 0 Å². The van der Waals surface area contributed by atoms with E-state index in [9.17, 15) is 0 Å². The Kier molecular flexibility index (Phi) is 5.69. The minimum Gasteiger partial charge on any atom is -0.333 e. The Hall–Kier alpha value is -1.17. The molecule has 0 aliphatic heterocycles. The van der Waals surface area contributed by atoms with Crippen molar-refractivity contribution in [2.45, 2.75) is 0 Å². The molecular weight excluding hydrogens is 201 g/mol. The zero-order valence-corrected chi connectivity index (χ0v) is 9.85. The Morgan fingerprint density at radius 2 is 1.00 bits per heavy atom. The predicted molar refractivity (Wildman–Crippen MR) is 70.6 cm³/mol. The highest BCUT2D eigenvalue weighted by molar-refractivity contribution is 7.55. The van der Waals surface area contributed by atoms with E-state index in [-0.39, 0.29) is 0 Å². The zero-order chi connectivity index (χ0) is 10.9. The van der Waals surface area contributed by atoms with Crippen LogP contribution in [0, 0.1) is 0 Å². The Balaban J connectivity index is 0.000000531. The van der Waals surface area contributed by atoms with Gasteiger partial charge in [-0.15, -0.1) is 0 Å². The summed E-state index contributed by atoms with van der Waals surface area (Å²) in [6.07, 6.45) is 0. The third kappa shape index (κ3) is 4.24. The molecule has 0 atom stereocenters. The molecule has 0 bridgehead atoms. The smallest absolute Gasteiger partial charge is 0.0195 e. The molecule has 2 heteroatoms. The molecule has 0 fully saturated rings. The van der Waals surface area contributed by atoms with E-state index >= 15 is 0 Å². The third-order valence-corrected chi connectivity index (χ3v) is 3.08. The van der Waals surface area contributed by atoms with Crippen molar-refractivity contribution >= 4 is 19.2 Å². The molecule has 0 radical (unpaired) electrons. The van der Waals surface area contributed by atoms with Crippen molar-refractivity contribution < 1.29 is 0 Å². The fraction of sp³-hybridized carbons (Fsp3) is 0.0769. The first-order valence-electron chi connectivity index (χ1n) is 4.90. The molecule has 2 aromatic carbocycles. The van der Waals surface area contributed by atoms with Gasteiger partial charge in [0, 0.05) is 0 Å². The van der Waals surface area contributed by atoms with Gasteiger partial charge in [0.05, 0.1) is 0 Å². The van der Waals surface area contributed by atoms with Crippen LogP contribution in [0.4, 0.5) is 0 Å². The molecule has 78 valence electrons. The lowest BCUT2D eigenvalue weighted by Gasteiger charge is -2.00. The molecular formula is C13H16NP. The van der Waals surface area contributed by atoms with Crippen LogP contribution in [-0.4, -0.2) is 7.05 Å². The summed E-state index contributed by atoms with van der Waals surface area (Å²) in [4.78, 5) is 0. The largest absolute Gasteiger partial charge is 0.333 e. The maximum absolute atomic E-state index is 4.50. The molecule has 0 heterocycles. The lowest BCUT2D eigenvalue weighted by Crippen LogP contribution is -2.01. The first-order valence-corrected chi connectivity index (χ1v) is 5.90. The highest BCUT2D eigenvalue weighted by Crippen LogP contribution is 2.08.